The van der Waals surface area contributed by atoms with E-state index in [1.807, 2.05) is 0 Å². The number of esters is 1. The zero-order chi connectivity index (χ0) is 21.8. The van der Waals surface area contributed by atoms with Crippen LogP contribution in [0.2, 0.25) is 0 Å². The summed E-state index contributed by atoms with van der Waals surface area (Å²) in [5.74, 6) is -6.31. The maximum absolute atomic E-state index is 13.7. The van der Waals surface area contributed by atoms with Crippen LogP contribution in [0.3, 0.4) is 0 Å². The van der Waals surface area contributed by atoms with E-state index < -0.39 is 41.1 Å². The normalized spacial score (nSPS) is 14.5. The predicted molar refractivity (Wildman–Crippen MR) is 101 cm³/mol. The third-order valence-corrected chi connectivity index (χ3v) is 4.65. The molecule has 1 aliphatic rings. The van der Waals surface area contributed by atoms with Gasteiger partial charge in [0.25, 0.3) is 5.91 Å². The summed E-state index contributed by atoms with van der Waals surface area (Å²) in [6.45, 7) is 2.29. The first kappa shape index (κ1) is 21.4. The zero-order valence-corrected chi connectivity index (χ0v) is 16.1. The highest BCUT2D eigenvalue weighted by atomic mass is 19.2. The standard InChI is InChI=1S/C21H19F3N2O4/c1-12(20(28)25-16-8-7-15(22)18(23)19(16)24)30-21(29)14-5-2-4-13(10-14)11-26-9-3-6-17(26)27/h2,4-5,7-8,10,12H,3,6,9,11H2,1H3,(H,25,28). The molecule has 1 heterocycles. The van der Waals surface area contributed by atoms with Crippen LogP contribution in [0.5, 0.6) is 0 Å². The van der Waals surface area contributed by atoms with E-state index in [0.29, 0.717) is 25.6 Å². The van der Waals surface area contributed by atoms with E-state index in [0.717, 1.165) is 18.1 Å². The SMILES string of the molecule is CC(OC(=O)c1cccc(CN2CCCC2=O)c1)C(=O)Nc1ccc(F)c(F)c1F. The monoisotopic (exact) mass is 420 g/mol. The lowest BCUT2D eigenvalue weighted by Crippen LogP contribution is -2.30. The van der Waals surface area contributed by atoms with Crippen LogP contribution in [-0.4, -0.2) is 35.3 Å². The van der Waals surface area contributed by atoms with Crippen molar-refractivity contribution >= 4 is 23.5 Å². The minimum absolute atomic E-state index is 0.0535. The molecule has 2 aromatic carbocycles. The van der Waals surface area contributed by atoms with Crippen molar-refractivity contribution in [1.82, 2.24) is 4.90 Å². The van der Waals surface area contributed by atoms with Gasteiger partial charge >= 0.3 is 5.97 Å². The average molecular weight is 420 g/mol. The molecule has 1 saturated heterocycles. The Bertz CT molecular complexity index is 996. The first-order chi connectivity index (χ1) is 14.3. The van der Waals surface area contributed by atoms with Crippen molar-refractivity contribution in [3.8, 4) is 0 Å². The number of carbonyl (C=O) groups excluding carboxylic acids is 3. The Morgan fingerprint density at radius 3 is 2.63 bits per heavy atom. The quantitative estimate of drug-likeness (QED) is 0.574. The molecule has 1 aliphatic heterocycles. The molecule has 1 N–H and O–H groups in total. The van der Waals surface area contributed by atoms with Gasteiger partial charge in [-0.1, -0.05) is 12.1 Å². The fraction of sp³-hybridized carbons (Fsp3) is 0.286. The van der Waals surface area contributed by atoms with E-state index in [2.05, 4.69) is 5.32 Å². The maximum Gasteiger partial charge on any atom is 0.338 e. The van der Waals surface area contributed by atoms with Crippen LogP contribution < -0.4 is 5.32 Å². The van der Waals surface area contributed by atoms with Crippen molar-refractivity contribution in [3.63, 3.8) is 0 Å². The highest BCUT2D eigenvalue weighted by Gasteiger charge is 2.23. The number of rotatable bonds is 6. The molecular weight excluding hydrogens is 401 g/mol. The Morgan fingerprint density at radius 1 is 1.17 bits per heavy atom. The molecule has 1 unspecified atom stereocenters. The number of likely N-dealkylation sites (tertiary alicyclic amines) is 1. The molecular formula is C21H19F3N2O4. The molecule has 1 atom stereocenters. The fourth-order valence-corrected chi connectivity index (χ4v) is 3.03. The van der Waals surface area contributed by atoms with Crippen molar-refractivity contribution in [3.05, 3.63) is 65.0 Å². The number of anilines is 1. The Labute approximate surface area is 170 Å². The Kier molecular flexibility index (Phi) is 6.39. The van der Waals surface area contributed by atoms with Crippen LogP contribution in [0.4, 0.5) is 18.9 Å². The van der Waals surface area contributed by atoms with Crippen molar-refractivity contribution in [2.24, 2.45) is 0 Å². The molecule has 0 aromatic heterocycles. The summed E-state index contributed by atoms with van der Waals surface area (Å²) in [5.41, 5.74) is 0.345. The summed E-state index contributed by atoms with van der Waals surface area (Å²) >= 11 is 0. The topological polar surface area (TPSA) is 75.7 Å². The molecule has 2 aromatic rings. The summed E-state index contributed by atoms with van der Waals surface area (Å²) in [4.78, 5) is 38.0. The van der Waals surface area contributed by atoms with Crippen molar-refractivity contribution in [1.29, 1.82) is 0 Å². The van der Waals surface area contributed by atoms with Crippen molar-refractivity contribution in [2.45, 2.75) is 32.4 Å². The number of halogens is 3. The van der Waals surface area contributed by atoms with E-state index >= 15 is 0 Å². The van der Waals surface area contributed by atoms with Crippen LogP contribution in [0.1, 0.15) is 35.7 Å². The van der Waals surface area contributed by atoms with Crippen LogP contribution in [0, 0.1) is 17.5 Å². The van der Waals surface area contributed by atoms with Gasteiger partial charge in [0.1, 0.15) is 0 Å². The van der Waals surface area contributed by atoms with Crippen LogP contribution in [-0.2, 0) is 20.9 Å². The zero-order valence-electron chi connectivity index (χ0n) is 16.1. The summed E-state index contributed by atoms with van der Waals surface area (Å²) in [7, 11) is 0. The predicted octanol–water partition coefficient (Wildman–Crippen LogP) is 3.41. The van der Waals surface area contributed by atoms with Gasteiger partial charge in [-0.25, -0.2) is 18.0 Å². The first-order valence-electron chi connectivity index (χ1n) is 9.28. The van der Waals surface area contributed by atoms with Gasteiger partial charge in [0.2, 0.25) is 5.91 Å². The average Bonchev–Trinajstić information content (AvgIpc) is 3.12. The molecule has 0 aliphatic carbocycles. The van der Waals surface area contributed by atoms with E-state index in [1.54, 1.807) is 23.1 Å². The summed E-state index contributed by atoms with van der Waals surface area (Å²) in [6.07, 6.45) is -0.0209. The molecule has 0 saturated carbocycles. The van der Waals surface area contributed by atoms with E-state index in [1.165, 1.54) is 13.0 Å². The summed E-state index contributed by atoms with van der Waals surface area (Å²) in [6, 6.07) is 7.99. The molecule has 0 spiro atoms. The lowest BCUT2D eigenvalue weighted by molar-refractivity contribution is -0.128. The number of nitrogens with zero attached hydrogens (tertiary/aromatic N) is 1. The van der Waals surface area contributed by atoms with Gasteiger partial charge in [0, 0.05) is 19.5 Å². The molecule has 0 bridgehead atoms. The van der Waals surface area contributed by atoms with Gasteiger partial charge in [0.05, 0.1) is 11.3 Å². The fourth-order valence-electron chi connectivity index (χ4n) is 3.03. The van der Waals surface area contributed by atoms with Crippen LogP contribution >= 0.6 is 0 Å². The van der Waals surface area contributed by atoms with E-state index in [-0.39, 0.29) is 11.5 Å². The lowest BCUT2D eigenvalue weighted by atomic mass is 10.1. The molecule has 2 amide bonds. The molecule has 0 radical (unpaired) electrons. The minimum Gasteiger partial charge on any atom is -0.449 e. The van der Waals surface area contributed by atoms with Crippen LogP contribution in [0.25, 0.3) is 0 Å². The molecule has 3 rings (SSSR count). The third-order valence-electron chi connectivity index (χ3n) is 4.65. The first-order valence-corrected chi connectivity index (χ1v) is 9.28. The largest absolute Gasteiger partial charge is 0.449 e. The summed E-state index contributed by atoms with van der Waals surface area (Å²) < 4.78 is 45.0. The van der Waals surface area contributed by atoms with Crippen molar-refractivity contribution < 1.29 is 32.3 Å². The number of amides is 2. The van der Waals surface area contributed by atoms with Crippen LogP contribution in [0.15, 0.2) is 36.4 Å². The van der Waals surface area contributed by atoms with Gasteiger partial charge in [-0.05, 0) is 43.2 Å². The molecule has 30 heavy (non-hydrogen) atoms. The number of benzene rings is 2. The molecule has 9 heteroatoms. The second kappa shape index (κ2) is 8.98. The minimum atomic E-state index is -1.72. The van der Waals surface area contributed by atoms with Gasteiger partial charge < -0.3 is 15.0 Å². The van der Waals surface area contributed by atoms with Gasteiger partial charge in [-0.2, -0.15) is 0 Å². The molecule has 158 valence electrons. The van der Waals surface area contributed by atoms with E-state index in [9.17, 15) is 27.6 Å². The molecule has 6 nitrogen and oxygen atoms in total. The lowest BCUT2D eigenvalue weighted by Gasteiger charge is -2.17. The number of ether oxygens (including phenoxy) is 1. The Balaban J connectivity index is 1.62. The Hall–Kier alpha value is -3.36. The van der Waals surface area contributed by atoms with Gasteiger partial charge in [-0.3, -0.25) is 9.59 Å². The maximum atomic E-state index is 13.7. The van der Waals surface area contributed by atoms with Gasteiger partial charge in [0.15, 0.2) is 23.6 Å². The Morgan fingerprint density at radius 2 is 1.93 bits per heavy atom. The summed E-state index contributed by atoms with van der Waals surface area (Å²) in [5, 5.41) is 2.06. The molecule has 1 fully saturated rings. The number of nitrogens with one attached hydrogen (secondary N) is 1. The second-order valence-electron chi connectivity index (χ2n) is 6.88. The highest BCUT2D eigenvalue weighted by Crippen LogP contribution is 2.20. The third kappa shape index (κ3) is 4.79. The second-order valence-corrected chi connectivity index (χ2v) is 6.88. The smallest absolute Gasteiger partial charge is 0.338 e. The van der Waals surface area contributed by atoms with Gasteiger partial charge in [-0.15, -0.1) is 0 Å². The van der Waals surface area contributed by atoms with E-state index in [4.69, 9.17) is 4.74 Å². The van der Waals surface area contributed by atoms with Crippen molar-refractivity contribution in [2.75, 3.05) is 11.9 Å². The number of hydrogen-bond acceptors (Lipinski definition) is 4. The number of hydrogen-bond donors (Lipinski definition) is 1. The highest BCUT2D eigenvalue weighted by molar-refractivity contribution is 5.97. The number of carbonyl (C=O) groups is 3.